The molecule has 3 N–H and O–H groups in total. The van der Waals surface area contributed by atoms with E-state index >= 15 is 0 Å². The van der Waals surface area contributed by atoms with Crippen LogP contribution in [0.4, 0.5) is 0 Å². The summed E-state index contributed by atoms with van der Waals surface area (Å²) in [5.41, 5.74) is 0. The second-order valence-electron chi connectivity index (χ2n) is 17.2. The molecule has 57 heavy (non-hydrogen) atoms. The molecular weight excluding hydrogens is 707 g/mol. The number of ether oxygens (including phenoxy) is 1. The van der Waals surface area contributed by atoms with Gasteiger partial charge in [0.1, 0.15) is 6.10 Å². The van der Waals surface area contributed by atoms with Crippen molar-refractivity contribution in [2.75, 3.05) is 6.61 Å². The Kier molecular flexibility index (Phi) is 44.1. The lowest BCUT2D eigenvalue weighted by molar-refractivity contribution is -0.151. The van der Waals surface area contributed by atoms with Crippen molar-refractivity contribution < 1.29 is 24.5 Å². The van der Waals surface area contributed by atoms with Gasteiger partial charge < -0.3 is 20.3 Å². The SMILES string of the molecule is CCC/C=C\CCCCCC(CC(=O)NC(CO)C(O)CCCCCCCCCCCCC)OC(=O)CCCCCCCCCCC/C=C/CCCCCCCC. The van der Waals surface area contributed by atoms with Crippen LogP contribution in [0, 0.1) is 0 Å². The van der Waals surface area contributed by atoms with E-state index in [-0.39, 0.29) is 24.9 Å². The summed E-state index contributed by atoms with van der Waals surface area (Å²) in [4.78, 5) is 26.0. The molecule has 0 aromatic carbocycles. The molecule has 0 aliphatic rings. The van der Waals surface area contributed by atoms with Crippen LogP contribution in [-0.4, -0.2) is 46.9 Å². The molecule has 3 atom stereocenters. The van der Waals surface area contributed by atoms with Crippen molar-refractivity contribution in [3.63, 3.8) is 0 Å². The highest BCUT2D eigenvalue weighted by Gasteiger charge is 2.24. The van der Waals surface area contributed by atoms with Crippen LogP contribution >= 0.6 is 0 Å². The Morgan fingerprint density at radius 1 is 0.491 bits per heavy atom. The zero-order chi connectivity index (χ0) is 41.7. The predicted octanol–water partition coefficient (Wildman–Crippen LogP) is 14.7. The third kappa shape index (κ3) is 40.9. The highest BCUT2D eigenvalue weighted by atomic mass is 16.5. The van der Waals surface area contributed by atoms with Gasteiger partial charge in [-0.2, -0.15) is 0 Å². The molecule has 3 unspecified atom stereocenters. The normalized spacial score (nSPS) is 13.4. The van der Waals surface area contributed by atoms with E-state index in [1.165, 1.54) is 141 Å². The van der Waals surface area contributed by atoms with Crippen molar-refractivity contribution in [1.82, 2.24) is 5.32 Å². The minimum Gasteiger partial charge on any atom is -0.462 e. The molecule has 0 rings (SSSR count). The van der Waals surface area contributed by atoms with Gasteiger partial charge in [-0.05, 0) is 70.6 Å². The molecule has 0 bridgehead atoms. The fraction of sp³-hybridized carbons (Fsp3) is 0.882. The lowest BCUT2D eigenvalue weighted by Gasteiger charge is -2.24. The average Bonchev–Trinajstić information content (AvgIpc) is 3.20. The summed E-state index contributed by atoms with van der Waals surface area (Å²) in [6, 6.07) is -0.700. The Morgan fingerprint density at radius 3 is 1.33 bits per heavy atom. The molecule has 0 saturated heterocycles. The Morgan fingerprint density at radius 2 is 0.877 bits per heavy atom. The number of esters is 1. The van der Waals surface area contributed by atoms with Crippen LogP contribution in [0.5, 0.6) is 0 Å². The molecule has 0 spiro atoms. The van der Waals surface area contributed by atoms with Crippen molar-refractivity contribution in [3.05, 3.63) is 24.3 Å². The molecule has 336 valence electrons. The van der Waals surface area contributed by atoms with Crippen molar-refractivity contribution in [3.8, 4) is 0 Å². The zero-order valence-corrected chi connectivity index (χ0v) is 38.2. The van der Waals surface area contributed by atoms with Crippen LogP contribution < -0.4 is 5.32 Å². The molecule has 6 nitrogen and oxygen atoms in total. The van der Waals surface area contributed by atoms with Crippen LogP contribution in [0.2, 0.25) is 0 Å². The Bertz CT molecular complexity index is 904. The average molecular weight is 804 g/mol. The third-order valence-electron chi connectivity index (χ3n) is 11.5. The number of allylic oxidation sites excluding steroid dienone is 4. The second kappa shape index (κ2) is 45.4. The lowest BCUT2D eigenvalue weighted by atomic mass is 10.0. The molecule has 6 heteroatoms. The van der Waals surface area contributed by atoms with Crippen LogP contribution in [0.25, 0.3) is 0 Å². The number of carbonyl (C=O) groups is 2. The highest BCUT2D eigenvalue weighted by Crippen LogP contribution is 2.18. The van der Waals surface area contributed by atoms with Crippen LogP contribution in [0.3, 0.4) is 0 Å². The number of hydrogen-bond acceptors (Lipinski definition) is 5. The summed E-state index contributed by atoms with van der Waals surface area (Å²) in [6.07, 6.45) is 51.1. The Labute approximate surface area is 354 Å². The summed E-state index contributed by atoms with van der Waals surface area (Å²) >= 11 is 0. The molecule has 0 radical (unpaired) electrons. The van der Waals surface area contributed by atoms with Gasteiger partial charge in [0.2, 0.25) is 5.91 Å². The summed E-state index contributed by atoms with van der Waals surface area (Å²) in [5, 5.41) is 23.6. The molecular formula is C51H97NO5. The van der Waals surface area contributed by atoms with Gasteiger partial charge in [-0.3, -0.25) is 9.59 Å². The van der Waals surface area contributed by atoms with Gasteiger partial charge in [0.25, 0.3) is 0 Å². The lowest BCUT2D eigenvalue weighted by Crippen LogP contribution is -2.46. The standard InChI is InChI=1S/C51H97NO5/c1-4-7-10-13-16-19-21-22-23-24-25-26-27-28-30-32-35-38-41-44-51(56)57-47(42-39-36-33-18-15-12-9-6-3)45-50(55)52-48(46-53)49(54)43-40-37-34-31-29-20-17-14-11-8-5-2/h12,15,22-23,47-49,53-54H,4-11,13-14,16-21,24-46H2,1-3H3,(H,52,55)/b15-12-,23-22+. The molecule has 0 saturated carbocycles. The van der Waals surface area contributed by atoms with Gasteiger partial charge in [-0.15, -0.1) is 0 Å². The number of amides is 1. The van der Waals surface area contributed by atoms with Gasteiger partial charge in [-0.1, -0.05) is 206 Å². The number of carbonyl (C=O) groups excluding carboxylic acids is 2. The number of rotatable bonds is 45. The maximum absolute atomic E-state index is 13.1. The maximum Gasteiger partial charge on any atom is 0.306 e. The smallest absolute Gasteiger partial charge is 0.306 e. The fourth-order valence-electron chi connectivity index (χ4n) is 7.66. The van der Waals surface area contributed by atoms with E-state index in [0.717, 1.165) is 77.0 Å². The van der Waals surface area contributed by atoms with E-state index in [1.807, 2.05) is 0 Å². The molecule has 0 aromatic rings. The van der Waals surface area contributed by atoms with Crippen molar-refractivity contribution in [2.24, 2.45) is 0 Å². The summed E-state index contributed by atoms with van der Waals surface area (Å²) in [6.45, 7) is 6.40. The van der Waals surface area contributed by atoms with E-state index in [9.17, 15) is 19.8 Å². The van der Waals surface area contributed by atoms with E-state index in [2.05, 4.69) is 50.4 Å². The minimum absolute atomic E-state index is 0.0687. The summed E-state index contributed by atoms with van der Waals surface area (Å²) < 4.78 is 5.89. The maximum atomic E-state index is 13.1. The van der Waals surface area contributed by atoms with Crippen LogP contribution in [0.15, 0.2) is 24.3 Å². The van der Waals surface area contributed by atoms with Gasteiger partial charge in [-0.25, -0.2) is 0 Å². The van der Waals surface area contributed by atoms with Gasteiger partial charge in [0.15, 0.2) is 0 Å². The number of nitrogens with one attached hydrogen (secondary N) is 1. The predicted molar refractivity (Wildman–Crippen MR) is 246 cm³/mol. The van der Waals surface area contributed by atoms with Gasteiger partial charge in [0, 0.05) is 6.42 Å². The first kappa shape index (κ1) is 55.3. The van der Waals surface area contributed by atoms with E-state index < -0.39 is 18.2 Å². The summed E-state index contributed by atoms with van der Waals surface area (Å²) in [5.74, 6) is -0.487. The second-order valence-corrected chi connectivity index (χ2v) is 17.2. The monoisotopic (exact) mass is 804 g/mol. The fourth-order valence-corrected chi connectivity index (χ4v) is 7.66. The largest absolute Gasteiger partial charge is 0.462 e. The Hall–Kier alpha value is -1.66. The molecule has 0 aliphatic heterocycles. The number of unbranched alkanes of at least 4 members (excludes halogenated alkanes) is 29. The first-order chi connectivity index (χ1) is 28.0. The first-order valence-electron chi connectivity index (χ1n) is 25.1. The van der Waals surface area contributed by atoms with E-state index in [1.54, 1.807) is 0 Å². The van der Waals surface area contributed by atoms with E-state index in [4.69, 9.17) is 4.74 Å². The van der Waals surface area contributed by atoms with E-state index in [0.29, 0.717) is 19.3 Å². The number of aliphatic hydroxyl groups excluding tert-OH is 2. The number of hydrogen-bond donors (Lipinski definition) is 3. The quantitative estimate of drug-likeness (QED) is 0.0324. The van der Waals surface area contributed by atoms with Crippen molar-refractivity contribution in [1.29, 1.82) is 0 Å². The molecule has 0 aromatic heterocycles. The van der Waals surface area contributed by atoms with Crippen LogP contribution in [0.1, 0.15) is 265 Å². The topological polar surface area (TPSA) is 95.9 Å². The molecule has 0 fully saturated rings. The zero-order valence-electron chi connectivity index (χ0n) is 38.2. The minimum atomic E-state index is -0.786. The van der Waals surface area contributed by atoms with Crippen molar-refractivity contribution in [2.45, 2.75) is 283 Å². The first-order valence-corrected chi connectivity index (χ1v) is 25.1. The molecule has 0 aliphatic carbocycles. The number of aliphatic hydroxyl groups is 2. The summed E-state index contributed by atoms with van der Waals surface area (Å²) in [7, 11) is 0. The molecule has 1 amide bonds. The van der Waals surface area contributed by atoms with Crippen molar-refractivity contribution >= 4 is 11.9 Å². The third-order valence-corrected chi connectivity index (χ3v) is 11.5. The van der Waals surface area contributed by atoms with Crippen LogP contribution in [-0.2, 0) is 14.3 Å². The van der Waals surface area contributed by atoms with Gasteiger partial charge >= 0.3 is 5.97 Å². The molecule has 0 heterocycles. The highest BCUT2D eigenvalue weighted by molar-refractivity contribution is 5.77. The Balaban J connectivity index is 4.37. The van der Waals surface area contributed by atoms with Gasteiger partial charge in [0.05, 0.1) is 25.2 Å².